The van der Waals surface area contributed by atoms with E-state index in [0.717, 1.165) is 28.7 Å². The van der Waals surface area contributed by atoms with Crippen LogP contribution in [0.1, 0.15) is 33.1 Å². The Hall–Kier alpha value is -2.46. The van der Waals surface area contributed by atoms with Crippen LogP contribution in [0.15, 0.2) is 35.5 Å². The van der Waals surface area contributed by atoms with Gasteiger partial charge in [-0.25, -0.2) is 4.68 Å². The topological polar surface area (TPSA) is 78.7 Å². The maximum Gasteiger partial charge on any atom is 0.453 e. The highest BCUT2D eigenvalue weighted by Gasteiger charge is 2.38. The molecule has 3 rings (SSSR count). The van der Waals surface area contributed by atoms with Gasteiger partial charge < -0.3 is 10.4 Å². The molecule has 29 heavy (non-hydrogen) atoms. The second kappa shape index (κ2) is 8.11. The molecule has 0 fully saturated rings. The summed E-state index contributed by atoms with van der Waals surface area (Å²) in [5.74, 6) is 3.71. The first-order valence-corrected chi connectivity index (χ1v) is 9.79. The predicted molar refractivity (Wildman–Crippen MR) is 105 cm³/mol. The maximum atomic E-state index is 12.7. The van der Waals surface area contributed by atoms with Gasteiger partial charge in [-0.3, -0.25) is 4.79 Å². The predicted octanol–water partition coefficient (Wildman–Crippen LogP) is 4.11. The second-order valence-electron chi connectivity index (χ2n) is 6.35. The molecule has 154 valence electrons. The number of carbonyl (C=O) groups excluding carboxylic acids is 1. The van der Waals surface area contributed by atoms with E-state index in [-0.39, 0.29) is 16.7 Å². The van der Waals surface area contributed by atoms with Crippen LogP contribution in [0.25, 0.3) is 0 Å². The monoisotopic (exact) mass is 443 g/mol. The van der Waals surface area contributed by atoms with E-state index in [1.54, 1.807) is 12.1 Å². The third-order valence-corrected chi connectivity index (χ3v) is 5.72. The Morgan fingerprint density at radius 2 is 1.93 bits per heavy atom. The SMILES string of the molecule is Cc1cc(C(=O)CSc2nnc(C(F)(F)F)n2N)c(C)n1Cc1ccccc1Cl. The molecule has 1 aromatic carbocycles. The Balaban J connectivity index is 1.76. The quantitative estimate of drug-likeness (QED) is 0.352. The number of benzene rings is 1. The Morgan fingerprint density at radius 1 is 1.24 bits per heavy atom. The van der Waals surface area contributed by atoms with Gasteiger partial charge in [0.05, 0.1) is 5.75 Å². The highest BCUT2D eigenvalue weighted by molar-refractivity contribution is 7.99. The summed E-state index contributed by atoms with van der Waals surface area (Å²) in [5, 5.41) is 6.91. The van der Waals surface area contributed by atoms with Crippen LogP contribution in [0.2, 0.25) is 5.02 Å². The van der Waals surface area contributed by atoms with Crippen LogP contribution in [0, 0.1) is 13.8 Å². The van der Waals surface area contributed by atoms with Crippen molar-refractivity contribution in [3.8, 4) is 0 Å². The second-order valence-corrected chi connectivity index (χ2v) is 7.70. The Morgan fingerprint density at radius 3 is 2.55 bits per heavy atom. The van der Waals surface area contributed by atoms with E-state index in [0.29, 0.717) is 21.8 Å². The molecule has 11 heteroatoms. The van der Waals surface area contributed by atoms with Gasteiger partial charge in [-0.15, -0.1) is 10.2 Å². The summed E-state index contributed by atoms with van der Waals surface area (Å²) in [6, 6.07) is 9.18. The molecule has 0 amide bonds. The van der Waals surface area contributed by atoms with E-state index in [2.05, 4.69) is 10.2 Å². The third kappa shape index (κ3) is 4.43. The van der Waals surface area contributed by atoms with Gasteiger partial charge >= 0.3 is 6.18 Å². The first kappa shape index (κ1) is 21.3. The number of thioether (sulfide) groups is 1. The first-order valence-electron chi connectivity index (χ1n) is 8.43. The van der Waals surface area contributed by atoms with Gasteiger partial charge in [0.15, 0.2) is 5.78 Å². The Labute approximate surface area is 173 Å². The van der Waals surface area contributed by atoms with Crippen molar-refractivity contribution in [1.82, 2.24) is 19.4 Å². The largest absolute Gasteiger partial charge is 0.453 e. The minimum absolute atomic E-state index is 0.121. The van der Waals surface area contributed by atoms with Crippen LogP contribution in [0.4, 0.5) is 13.2 Å². The minimum Gasteiger partial charge on any atom is -0.344 e. The summed E-state index contributed by atoms with van der Waals surface area (Å²) in [7, 11) is 0. The fraction of sp³-hybridized carbons (Fsp3) is 0.278. The number of nitrogens with two attached hydrogens (primary N) is 1. The number of hydrogen-bond acceptors (Lipinski definition) is 5. The fourth-order valence-electron chi connectivity index (χ4n) is 2.90. The molecule has 0 saturated carbocycles. The van der Waals surface area contributed by atoms with Crippen molar-refractivity contribution >= 4 is 29.1 Å². The van der Waals surface area contributed by atoms with E-state index in [9.17, 15) is 18.0 Å². The van der Waals surface area contributed by atoms with Crippen LogP contribution >= 0.6 is 23.4 Å². The van der Waals surface area contributed by atoms with E-state index in [4.69, 9.17) is 17.4 Å². The molecular weight excluding hydrogens is 427 g/mol. The first-order chi connectivity index (χ1) is 13.6. The number of ketones is 1. The normalized spacial score (nSPS) is 11.8. The molecule has 0 saturated heterocycles. The number of nitrogen functional groups attached to an aromatic ring is 1. The zero-order valence-electron chi connectivity index (χ0n) is 15.5. The number of carbonyl (C=O) groups is 1. The molecule has 0 bridgehead atoms. The number of halogens is 4. The molecule has 0 aliphatic carbocycles. The molecule has 0 atom stereocenters. The molecular formula is C18H17ClF3N5OS. The van der Waals surface area contributed by atoms with Crippen LogP contribution in [0.5, 0.6) is 0 Å². The van der Waals surface area contributed by atoms with Crippen molar-refractivity contribution in [1.29, 1.82) is 0 Å². The molecule has 0 aliphatic rings. The highest BCUT2D eigenvalue weighted by atomic mass is 35.5. The Bertz CT molecular complexity index is 1060. The average Bonchev–Trinajstić information content (AvgIpc) is 3.15. The van der Waals surface area contributed by atoms with Gasteiger partial charge in [0.1, 0.15) is 0 Å². The van der Waals surface area contributed by atoms with Crippen molar-refractivity contribution in [2.45, 2.75) is 31.7 Å². The molecule has 6 nitrogen and oxygen atoms in total. The van der Waals surface area contributed by atoms with Gasteiger partial charge in [-0.2, -0.15) is 13.2 Å². The number of aryl methyl sites for hydroxylation is 1. The van der Waals surface area contributed by atoms with Crippen LogP contribution in [-0.4, -0.2) is 31.0 Å². The van der Waals surface area contributed by atoms with E-state index >= 15 is 0 Å². The molecule has 0 radical (unpaired) electrons. The number of hydrogen-bond donors (Lipinski definition) is 1. The van der Waals surface area contributed by atoms with Gasteiger partial charge in [-0.1, -0.05) is 41.6 Å². The van der Waals surface area contributed by atoms with Crippen molar-refractivity contribution in [2.75, 3.05) is 11.6 Å². The van der Waals surface area contributed by atoms with Gasteiger partial charge in [0, 0.05) is 28.5 Å². The fourth-order valence-corrected chi connectivity index (χ4v) is 3.84. The molecule has 2 aromatic heterocycles. The van der Waals surface area contributed by atoms with Gasteiger partial charge in [-0.05, 0) is 31.5 Å². The number of Topliss-reactive ketones (excluding diaryl/α,β-unsaturated/α-hetero) is 1. The molecule has 3 aromatic rings. The van der Waals surface area contributed by atoms with Crippen LogP contribution < -0.4 is 5.84 Å². The average molecular weight is 444 g/mol. The van der Waals surface area contributed by atoms with Crippen molar-refractivity contribution in [3.05, 3.63) is 63.7 Å². The van der Waals surface area contributed by atoms with Crippen LogP contribution in [-0.2, 0) is 12.7 Å². The summed E-state index contributed by atoms with van der Waals surface area (Å²) in [5.41, 5.74) is 3.02. The number of alkyl halides is 3. The van der Waals surface area contributed by atoms with Gasteiger partial charge in [0.25, 0.3) is 5.82 Å². The molecule has 2 heterocycles. The summed E-state index contributed by atoms with van der Waals surface area (Å²) < 4.78 is 40.5. The molecule has 0 spiro atoms. The minimum atomic E-state index is -4.71. The maximum absolute atomic E-state index is 12.7. The number of rotatable bonds is 6. The lowest BCUT2D eigenvalue weighted by Crippen LogP contribution is -2.21. The zero-order chi connectivity index (χ0) is 21.3. The van der Waals surface area contributed by atoms with Crippen LogP contribution in [0.3, 0.4) is 0 Å². The van der Waals surface area contributed by atoms with Gasteiger partial charge in [0.2, 0.25) is 5.16 Å². The van der Waals surface area contributed by atoms with Crippen molar-refractivity contribution in [2.24, 2.45) is 0 Å². The smallest absolute Gasteiger partial charge is 0.344 e. The summed E-state index contributed by atoms with van der Waals surface area (Å²) in [6.07, 6.45) is -4.71. The summed E-state index contributed by atoms with van der Waals surface area (Å²) >= 11 is 7.03. The number of nitrogens with zero attached hydrogens (tertiary/aromatic N) is 4. The lowest BCUT2D eigenvalue weighted by Gasteiger charge is -2.11. The van der Waals surface area contributed by atoms with E-state index in [1.807, 2.05) is 36.6 Å². The van der Waals surface area contributed by atoms with Crippen molar-refractivity contribution < 1.29 is 18.0 Å². The Kier molecular flexibility index (Phi) is 5.95. The van der Waals surface area contributed by atoms with E-state index in [1.165, 1.54) is 0 Å². The molecule has 0 aliphatic heterocycles. The molecule has 0 unspecified atom stereocenters. The van der Waals surface area contributed by atoms with E-state index < -0.39 is 12.0 Å². The summed E-state index contributed by atoms with van der Waals surface area (Å²) in [4.78, 5) is 12.7. The standard InChI is InChI=1S/C18H17ClF3N5OS/c1-10-7-13(11(2)26(10)8-12-5-3-4-6-14(12)19)15(28)9-29-17-25-24-16(27(17)23)18(20,21)22/h3-7H,8-9,23H2,1-2H3. The zero-order valence-corrected chi connectivity index (χ0v) is 17.1. The molecule has 2 N–H and O–H groups in total. The highest BCUT2D eigenvalue weighted by Crippen LogP contribution is 2.29. The lowest BCUT2D eigenvalue weighted by molar-refractivity contribution is -0.146. The third-order valence-electron chi connectivity index (χ3n) is 4.41. The summed E-state index contributed by atoms with van der Waals surface area (Å²) in [6.45, 7) is 4.19. The number of aromatic nitrogens is 4. The van der Waals surface area contributed by atoms with Crippen molar-refractivity contribution in [3.63, 3.8) is 0 Å². The lowest BCUT2D eigenvalue weighted by atomic mass is 10.2.